The van der Waals surface area contributed by atoms with Crippen molar-refractivity contribution in [2.75, 3.05) is 83.7 Å². The van der Waals surface area contributed by atoms with Crippen molar-refractivity contribution in [3.8, 4) is 5.75 Å². The molecule has 8 aliphatic rings. The number of esters is 3. The first-order valence-electron chi connectivity index (χ1n) is 33.5. The summed E-state index contributed by atoms with van der Waals surface area (Å²) in [6.07, 6.45) is 0.733. The van der Waals surface area contributed by atoms with E-state index in [0.717, 1.165) is 88.8 Å². The van der Waals surface area contributed by atoms with Crippen molar-refractivity contribution in [3.63, 3.8) is 0 Å². The molecule has 13 rings (SSSR count). The van der Waals surface area contributed by atoms with Gasteiger partial charge in [-0.15, -0.1) is 0 Å². The maximum atomic E-state index is 15.2. The van der Waals surface area contributed by atoms with Gasteiger partial charge in [-0.2, -0.15) is 18.7 Å². The molecule has 0 radical (unpaired) electrons. The number of carbonyl (C=O) groups is 4. The Morgan fingerprint density at radius 3 is 2.29 bits per heavy atom. The van der Waals surface area contributed by atoms with Gasteiger partial charge in [0, 0.05) is 97.1 Å². The molecule has 31 heteroatoms. The van der Waals surface area contributed by atoms with E-state index in [2.05, 4.69) is 73.4 Å². The molecule has 5 aromatic rings. The predicted octanol–water partition coefficient (Wildman–Crippen LogP) is 4.23. The molecule has 1 spiro atoms. The van der Waals surface area contributed by atoms with E-state index in [1.165, 1.54) is 33.6 Å². The van der Waals surface area contributed by atoms with Crippen molar-refractivity contribution >= 4 is 52.2 Å². The number of aliphatic hydroxyl groups is 5. The van der Waals surface area contributed by atoms with Crippen molar-refractivity contribution in [2.45, 2.75) is 170 Å². The van der Waals surface area contributed by atoms with E-state index in [4.69, 9.17) is 44.0 Å². The number of aromatic amines is 1. The third-order valence-corrected chi connectivity index (χ3v) is 21.3. The highest BCUT2D eigenvalue weighted by Crippen LogP contribution is 2.68. The molecule has 2 bridgehead atoms. The number of amides is 1. The number of nitrogen functional groups attached to an aromatic ring is 1. The maximum Gasteiger partial charge on any atom is 0.412 e. The monoisotopic (exact) mass is 1400 g/mol. The number of fused-ring (bicyclic) bond motifs is 6. The van der Waals surface area contributed by atoms with Crippen LogP contribution in [0.2, 0.25) is 0 Å². The van der Waals surface area contributed by atoms with Crippen LogP contribution in [0.5, 0.6) is 5.75 Å². The highest BCUT2D eigenvalue weighted by Gasteiger charge is 2.80. The molecule has 3 saturated heterocycles. The van der Waals surface area contributed by atoms with Crippen molar-refractivity contribution in [3.05, 3.63) is 128 Å². The zero-order valence-electron chi connectivity index (χ0n) is 57.1. The SMILES string of the molecule is CCC1=C[C@@H]2CN(C1)Cc1c([nH]c3ccccc13)[C@@](C(=O)OC)(c1cc3c(cc1OC)N(C)[C@H]1[C@@](O)(C(=O)OC)[C@H](OC(C)=O)[C@]4(CC)C=CCN5CC[C@]31[C@@H]54)C2.CCCCCOC(=O)Nc1nc(=O)n([C@@H]2O[C@H](C)[C@@H](O)[C@H]2O)cc1F.Nc1ccn([C@@H]2O[C@H](CO)[C@@H](O)C2(F)F)c(=O)n1. The number of aliphatic hydroxyl groups excluding tert-OH is 4. The number of anilines is 3. The third kappa shape index (κ3) is 12.0. The van der Waals surface area contributed by atoms with Gasteiger partial charge >= 0.3 is 41.3 Å². The van der Waals surface area contributed by atoms with Gasteiger partial charge in [0.2, 0.25) is 11.8 Å². The normalized spacial score (nSPS) is 31.9. The number of methoxy groups -OCH3 is 3. The van der Waals surface area contributed by atoms with Crippen molar-refractivity contribution < 1.29 is 91.0 Å². The van der Waals surface area contributed by atoms with Crippen LogP contribution in [0.1, 0.15) is 114 Å². The predicted molar refractivity (Wildman–Crippen MR) is 353 cm³/mol. The summed E-state index contributed by atoms with van der Waals surface area (Å²) in [7, 11) is 6.22. The summed E-state index contributed by atoms with van der Waals surface area (Å²) in [5.41, 5.74) is 4.31. The topological polar surface area (TPSA) is 367 Å². The lowest BCUT2D eigenvalue weighted by Crippen LogP contribution is -2.81. The fourth-order valence-corrected chi connectivity index (χ4v) is 17.0. The van der Waals surface area contributed by atoms with E-state index >= 15 is 4.79 Å². The summed E-state index contributed by atoms with van der Waals surface area (Å²) in [6.45, 7) is 12.1. The molecule has 28 nitrogen and oxygen atoms in total. The van der Waals surface area contributed by atoms with Gasteiger partial charge in [-0.3, -0.25) is 33.8 Å². The fraction of sp³-hybridized carbons (Fsp3) is 0.565. The number of nitrogens with two attached hydrogens (primary N) is 1. The molecule has 4 fully saturated rings. The van der Waals surface area contributed by atoms with Gasteiger partial charge in [0.05, 0.1) is 52.9 Å². The second-order valence-corrected chi connectivity index (χ2v) is 26.9. The highest BCUT2D eigenvalue weighted by atomic mass is 19.3. The zero-order chi connectivity index (χ0) is 72.3. The minimum Gasteiger partial charge on any atom is -0.496 e. The quantitative estimate of drug-likeness (QED) is 0.0315. The van der Waals surface area contributed by atoms with Gasteiger partial charge in [0.15, 0.2) is 30.1 Å². The van der Waals surface area contributed by atoms with Gasteiger partial charge in [-0.25, -0.2) is 23.6 Å². The molecule has 1 saturated carbocycles. The van der Waals surface area contributed by atoms with E-state index in [1.54, 1.807) is 7.11 Å². The minimum absolute atomic E-state index is 0.0284. The smallest absolute Gasteiger partial charge is 0.412 e. The van der Waals surface area contributed by atoms with Crippen LogP contribution in [0.4, 0.5) is 35.3 Å². The highest BCUT2D eigenvalue weighted by molar-refractivity contribution is 5.95. The largest absolute Gasteiger partial charge is 0.496 e. The Bertz CT molecular complexity index is 4130. The number of H-pyrrole nitrogens is 1. The van der Waals surface area contributed by atoms with Crippen molar-refractivity contribution in [1.29, 1.82) is 0 Å². The van der Waals surface area contributed by atoms with Crippen LogP contribution in [0.15, 0.2) is 88.2 Å². The molecule has 1 aliphatic carbocycles. The number of aromatic nitrogens is 5. The number of unbranched alkanes of at least 4 members (excludes halogenated alkanes) is 2. The second-order valence-electron chi connectivity index (χ2n) is 26.9. The molecule has 9 N–H and O–H groups in total. The first kappa shape index (κ1) is 73.0. The zero-order valence-corrected chi connectivity index (χ0v) is 57.1. The number of rotatable bonds is 15. The van der Waals surface area contributed by atoms with Gasteiger partial charge in [0.25, 0.3) is 0 Å². The minimum atomic E-state index is -3.71. The lowest BCUT2D eigenvalue weighted by atomic mass is 9.47. The number of nitrogens with zero attached hydrogens (tertiary/aromatic N) is 7. The molecule has 100 heavy (non-hydrogen) atoms. The van der Waals surface area contributed by atoms with Crippen LogP contribution in [0.25, 0.3) is 10.9 Å². The molecular formula is C69H87F3N10O18. The van der Waals surface area contributed by atoms with Crippen molar-refractivity contribution in [1.82, 2.24) is 33.9 Å². The number of ether oxygens (including phenoxy) is 7. The van der Waals surface area contributed by atoms with Gasteiger partial charge in [0.1, 0.15) is 35.3 Å². The number of hydrogen-bond acceptors (Lipinski definition) is 24. The van der Waals surface area contributed by atoms with Gasteiger partial charge in [-0.1, -0.05) is 75.6 Å². The number of carbonyl (C=O) groups excluding carboxylic acids is 4. The number of benzene rings is 2. The average molecular weight is 1400 g/mol. The van der Waals surface area contributed by atoms with Crippen LogP contribution in [0.3, 0.4) is 0 Å². The van der Waals surface area contributed by atoms with Crippen LogP contribution in [-0.4, -0.2) is 211 Å². The lowest BCUT2D eigenvalue weighted by Gasteiger charge is -2.63. The molecule has 3 aromatic heterocycles. The molecule has 1 amide bonds. The number of likely N-dealkylation sites (N-methyl/N-ethyl adjacent to an activating group) is 1. The van der Waals surface area contributed by atoms with E-state index < -0.39 is 131 Å². The summed E-state index contributed by atoms with van der Waals surface area (Å²) in [6, 6.07) is 12.3. The first-order chi connectivity index (χ1) is 47.6. The molecule has 2 aromatic carbocycles. The number of hydrogen-bond donors (Lipinski definition) is 8. The average Bonchev–Trinajstić information content (AvgIpc) is 1.45. The van der Waals surface area contributed by atoms with Crippen LogP contribution < -0.4 is 32.1 Å². The van der Waals surface area contributed by atoms with Crippen molar-refractivity contribution in [2.24, 2.45) is 11.3 Å². The first-order valence-corrected chi connectivity index (χ1v) is 33.5. The maximum absolute atomic E-state index is 15.2. The summed E-state index contributed by atoms with van der Waals surface area (Å²) in [4.78, 5) is 94.9. The molecule has 16 atom stereocenters. The molecular weight excluding hydrogens is 1310 g/mol. The summed E-state index contributed by atoms with van der Waals surface area (Å²) < 4.78 is 81.5. The third-order valence-electron chi connectivity index (χ3n) is 21.3. The van der Waals surface area contributed by atoms with Crippen LogP contribution >= 0.6 is 0 Å². The Hall–Kier alpha value is -8.27. The summed E-state index contributed by atoms with van der Waals surface area (Å²) >= 11 is 0. The Kier molecular flexibility index (Phi) is 20.6. The Labute approximate surface area is 573 Å². The molecule has 7 aliphatic heterocycles. The van der Waals surface area contributed by atoms with Crippen LogP contribution in [-0.2, 0) is 60.2 Å². The van der Waals surface area contributed by atoms with E-state index in [9.17, 15) is 57.6 Å². The molecule has 542 valence electrons. The van der Waals surface area contributed by atoms with E-state index in [-0.39, 0.29) is 30.4 Å². The van der Waals surface area contributed by atoms with E-state index in [0.29, 0.717) is 61.2 Å². The number of nitrogens with one attached hydrogen (secondary N) is 2. The van der Waals surface area contributed by atoms with E-state index in [1.807, 2.05) is 44.0 Å². The number of para-hydroxylation sites is 1. The van der Waals surface area contributed by atoms with Gasteiger partial charge in [-0.05, 0) is 80.8 Å². The number of alkyl halides is 2. The lowest BCUT2D eigenvalue weighted by molar-refractivity contribution is -0.228. The summed E-state index contributed by atoms with van der Waals surface area (Å²) in [5.74, 6) is -6.72. The standard InChI is InChI=1S/C45H54N4O8.C15H22FN3O6.C9H11F2N3O4/c1-8-27-19-28-22-44(40(51)55-6,36-30(25-48(23-27)24-28)29-13-10-11-14-33(29)46-36)32-20-31-34(21-35(32)54-5)47(4)38-43(31)16-18-49-17-12-15-42(9-2,37(43)49)39(57-26(3)50)45(38,53)41(52)56-7;1-3-4-5-6-24-15(23)18-12-9(16)7-19(14(22)17-12)13-11(21)10(20)8(2)25-13;10-9(11)6(16)4(3-15)18-7(9)14-2-1-5(12)13-8(14)17/h10-15,19-21,28,37-39,46,53H,8-9,16-18,22-25H2,1-7H3;7-8,10-11,13,20-21H,3-6H2,1-2H3,(H,17,18,22,23);1-2,4,6-7,15-16H,3H2,(H2,12,13,17)/t28-,37-,38+,39+,42+,43+,44-,45-;8-,10-,11-,13-;4-,6-,7-/m011/s1. The Morgan fingerprint density at radius 1 is 0.920 bits per heavy atom. The fourth-order valence-electron chi connectivity index (χ4n) is 17.0. The van der Waals surface area contributed by atoms with Crippen LogP contribution in [0, 0.1) is 17.2 Å². The Morgan fingerprint density at radius 2 is 1.65 bits per heavy atom. The second kappa shape index (κ2) is 28.3. The Balaban J connectivity index is 0.000000192. The van der Waals surface area contributed by atoms with Gasteiger partial charge < -0.3 is 74.3 Å². The summed E-state index contributed by atoms with van der Waals surface area (Å²) in [5, 5.41) is 54.1. The molecule has 1 unspecified atom stereocenters. The number of halogens is 3. The molecule has 10 heterocycles.